The van der Waals surface area contributed by atoms with Crippen LogP contribution in [0.25, 0.3) is 0 Å². The summed E-state index contributed by atoms with van der Waals surface area (Å²) in [6.07, 6.45) is 0. The van der Waals surface area contributed by atoms with E-state index in [0.717, 1.165) is 29.4 Å². The van der Waals surface area contributed by atoms with Gasteiger partial charge in [0, 0.05) is 29.1 Å². The monoisotopic (exact) mass is 355 g/mol. The first-order valence-electron chi connectivity index (χ1n) is 6.22. The maximum Gasteiger partial charge on any atom is 0.243 e. The molecule has 0 amide bonds. The summed E-state index contributed by atoms with van der Waals surface area (Å²) in [5.74, 6) is 0.0856. The van der Waals surface area contributed by atoms with Crippen molar-refractivity contribution in [3.8, 4) is 0 Å². The molecule has 1 aliphatic rings. The molecule has 1 atom stereocenters. The molecule has 4 nitrogen and oxygen atoms in total. The molecule has 1 aromatic carbocycles. The van der Waals surface area contributed by atoms with E-state index in [4.69, 9.17) is 5.11 Å². The third-order valence-electron chi connectivity index (χ3n) is 2.91. The van der Waals surface area contributed by atoms with Crippen LogP contribution in [0.4, 0.5) is 8.78 Å². The van der Waals surface area contributed by atoms with Crippen molar-refractivity contribution in [2.75, 3.05) is 23.8 Å². The molecule has 2 N–H and O–H groups in total. The lowest BCUT2D eigenvalue weighted by atomic mass is 10.2. The highest BCUT2D eigenvalue weighted by Crippen LogP contribution is 2.24. The van der Waals surface area contributed by atoms with Crippen molar-refractivity contribution in [2.24, 2.45) is 0 Å². The zero-order chi connectivity index (χ0) is 15.5. The van der Waals surface area contributed by atoms with Crippen LogP contribution >= 0.6 is 23.5 Å². The number of aliphatic hydroxyl groups is 1. The van der Waals surface area contributed by atoms with Gasteiger partial charge in [-0.1, -0.05) is 0 Å². The van der Waals surface area contributed by atoms with Gasteiger partial charge in [0.15, 0.2) is 11.6 Å². The van der Waals surface area contributed by atoms with Gasteiger partial charge in [-0.05, 0) is 17.7 Å². The molecule has 1 saturated heterocycles. The number of benzene rings is 1. The smallest absolute Gasteiger partial charge is 0.243 e. The van der Waals surface area contributed by atoms with E-state index in [1.807, 2.05) is 0 Å². The molecule has 0 aliphatic carbocycles. The quantitative estimate of drug-likeness (QED) is 0.840. The van der Waals surface area contributed by atoms with E-state index in [9.17, 15) is 17.2 Å². The second-order valence-electron chi connectivity index (χ2n) is 4.47. The van der Waals surface area contributed by atoms with Crippen LogP contribution in [0.15, 0.2) is 17.0 Å². The SMILES string of the molecule is O=S(=O)(NCC1CSCCS1)c1cc(CO)cc(F)c1F. The molecule has 1 aromatic rings. The van der Waals surface area contributed by atoms with Gasteiger partial charge in [-0.15, -0.1) is 0 Å². The predicted molar refractivity (Wildman–Crippen MR) is 81.0 cm³/mol. The molecule has 1 unspecified atom stereocenters. The van der Waals surface area contributed by atoms with Crippen LogP contribution in [0.3, 0.4) is 0 Å². The van der Waals surface area contributed by atoms with Crippen molar-refractivity contribution >= 4 is 33.5 Å². The second-order valence-corrected chi connectivity index (χ2v) is 8.76. The fourth-order valence-corrected chi connectivity index (χ4v) is 5.77. The average molecular weight is 355 g/mol. The zero-order valence-corrected chi connectivity index (χ0v) is 13.5. The Bertz CT molecular complexity index is 604. The zero-order valence-electron chi connectivity index (χ0n) is 11.0. The van der Waals surface area contributed by atoms with Crippen LogP contribution < -0.4 is 4.72 Å². The molecule has 0 radical (unpaired) electrons. The minimum absolute atomic E-state index is 0.0110. The Labute approximate surface area is 130 Å². The van der Waals surface area contributed by atoms with Crippen LogP contribution in [0.5, 0.6) is 0 Å². The van der Waals surface area contributed by atoms with E-state index < -0.39 is 33.2 Å². The normalized spacial score (nSPS) is 19.7. The predicted octanol–water partition coefficient (Wildman–Crippen LogP) is 1.58. The third kappa shape index (κ3) is 4.32. The lowest BCUT2D eigenvalue weighted by Crippen LogP contribution is -2.34. The van der Waals surface area contributed by atoms with Crippen molar-refractivity contribution in [3.63, 3.8) is 0 Å². The van der Waals surface area contributed by atoms with Crippen LogP contribution in [0, 0.1) is 11.6 Å². The van der Waals surface area contributed by atoms with E-state index in [1.165, 1.54) is 0 Å². The highest BCUT2D eigenvalue weighted by Gasteiger charge is 2.24. The molecular weight excluding hydrogens is 340 g/mol. The fraction of sp³-hybridized carbons (Fsp3) is 0.500. The first-order chi connectivity index (χ1) is 9.94. The van der Waals surface area contributed by atoms with Crippen molar-refractivity contribution in [2.45, 2.75) is 16.8 Å². The molecule has 1 fully saturated rings. The molecule has 21 heavy (non-hydrogen) atoms. The summed E-state index contributed by atoms with van der Waals surface area (Å²) in [4.78, 5) is -0.764. The number of halogens is 2. The molecule has 9 heteroatoms. The van der Waals surface area contributed by atoms with Crippen LogP contribution in [0.1, 0.15) is 5.56 Å². The Morgan fingerprint density at radius 3 is 2.71 bits per heavy atom. The first kappa shape index (κ1) is 17.0. The van der Waals surface area contributed by atoms with Crippen molar-refractivity contribution in [1.29, 1.82) is 0 Å². The number of hydrogen-bond donors (Lipinski definition) is 2. The summed E-state index contributed by atoms with van der Waals surface area (Å²) < 4.78 is 53.6. The number of rotatable bonds is 5. The van der Waals surface area contributed by atoms with Gasteiger partial charge in [0.25, 0.3) is 0 Å². The number of hydrogen-bond acceptors (Lipinski definition) is 5. The Morgan fingerprint density at radius 2 is 2.10 bits per heavy atom. The van der Waals surface area contributed by atoms with Gasteiger partial charge in [0.1, 0.15) is 4.90 Å². The molecule has 0 bridgehead atoms. The van der Waals surface area contributed by atoms with E-state index in [2.05, 4.69) is 4.72 Å². The number of aliphatic hydroxyl groups excluding tert-OH is 1. The highest BCUT2D eigenvalue weighted by atomic mass is 32.2. The molecule has 1 heterocycles. The average Bonchev–Trinajstić information content (AvgIpc) is 2.48. The fourth-order valence-electron chi connectivity index (χ4n) is 1.84. The summed E-state index contributed by atoms with van der Waals surface area (Å²) in [7, 11) is -4.14. The number of nitrogens with one attached hydrogen (secondary N) is 1. The molecule has 2 rings (SSSR count). The molecule has 0 spiro atoms. The van der Waals surface area contributed by atoms with Crippen LogP contribution in [-0.4, -0.2) is 42.6 Å². The summed E-state index contributed by atoms with van der Waals surface area (Å²) in [6.45, 7) is -0.390. The number of sulfonamides is 1. The van der Waals surface area contributed by atoms with Gasteiger partial charge in [-0.3, -0.25) is 0 Å². The third-order valence-corrected chi connectivity index (χ3v) is 7.18. The van der Waals surface area contributed by atoms with Gasteiger partial charge in [-0.2, -0.15) is 23.5 Å². The molecule has 0 aromatic heterocycles. The molecule has 0 saturated carbocycles. The van der Waals surface area contributed by atoms with E-state index in [-0.39, 0.29) is 17.4 Å². The summed E-state index contributed by atoms with van der Waals surface area (Å²) in [5, 5.41) is 9.08. The van der Waals surface area contributed by atoms with E-state index >= 15 is 0 Å². The van der Waals surface area contributed by atoms with Crippen molar-refractivity contribution < 1.29 is 22.3 Å². The highest BCUT2D eigenvalue weighted by molar-refractivity contribution is 8.06. The van der Waals surface area contributed by atoms with Crippen LogP contribution in [0.2, 0.25) is 0 Å². The standard InChI is InChI=1S/C12H15F2NO3S3/c13-10-3-8(6-16)4-11(12(10)14)21(17,18)15-5-9-7-19-1-2-20-9/h3-4,9,15-16H,1-2,5-7H2. The minimum atomic E-state index is -4.14. The van der Waals surface area contributed by atoms with Crippen molar-refractivity contribution in [3.05, 3.63) is 29.3 Å². The van der Waals surface area contributed by atoms with Crippen molar-refractivity contribution in [1.82, 2.24) is 4.72 Å². The largest absolute Gasteiger partial charge is 0.392 e. The van der Waals surface area contributed by atoms with E-state index in [0.29, 0.717) is 0 Å². The lowest BCUT2D eigenvalue weighted by Gasteiger charge is -2.21. The minimum Gasteiger partial charge on any atom is -0.392 e. The Balaban J connectivity index is 2.16. The maximum atomic E-state index is 13.7. The summed E-state index contributed by atoms with van der Waals surface area (Å²) >= 11 is 3.40. The van der Waals surface area contributed by atoms with Gasteiger partial charge in [0.2, 0.25) is 10.0 Å². The topological polar surface area (TPSA) is 66.4 Å². The maximum absolute atomic E-state index is 13.7. The molecule has 118 valence electrons. The summed E-state index contributed by atoms with van der Waals surface area (Å²) in [6, 6.07) is 1.73. The van der Waals surface area contributed by atoms with Crippen LogP contribution in [-0.2, 0) is 16.6 Å². The Morgan fingerprint density at radius 1 is 1.33 bits per heavy atom. The summed E-state index contributed by atoms with van der Waals surface area (Å²) in [5.41, 5.74) is 0.0110. The number of thioether (sulfide) groups is 2. The van der Waals surface area contributed by atoms with Gasteiger partial charge in [-0.25, -0.2) is 21.9 Å². The molecule has 1 aliphatic heterocycles. The second kappa shape index (κ2) is 7.28. The van der Waals surface area contributed by atoms with Gasteiger partial charge < -0.3 is 5.11 Å². The van der Waals surface area contributed by atoms with Gasteiger partial charge in [0.05, 0.1) is 6.61 Å². The van der Waals surface area contributed by atoms with E-state index in [1.54, 1.807) is 23.5 Å². The first-order valence-corrected chi connectivity index (χ1v) is 9.90. The molecular formula is C12H15F2NO3S3. The van der Waals surface area contributed by atoms with Gasteiger partial charge >= 0.3 is 0 Å². The Hall–Kier alpha value is -0.350. The Kier molecular flexibility index (Phi) is 5.89. The lowest BCUT2D eigenvalue weighted by molar-refractivity contribution is 0.280.